The molecule has 1 saturated carbocycles. The van der Waals surface area contributed by atoms with Crippen LogP contribution in [0.2, 0.25) is 0 Å². The molecule has 2 fully saturated rings. The van der Waals surface area contributed by atoms with E-state index in [1.165, 1.54) is 32.1 Å². The van der Waals surface area contributed by atoms with Crippen molar-refractivity contribution in [3.63, 3.8) is 0 Å². The second-order valence-corrected chi connectivity index (χ2v) is 8.62. The average Bonchev–Trinajstić information content (AvgIpc) is 2.64. The van der Waals surface area contributed by atoms with Crippen LogP contribution in [0.4, 0.5) is 0 Å². The van der Waals surface area contributed by atoms with Crippen LogP contribution in [0.15, 0.2) is 0 Å². The smallest absolute Gasteiger partial charge is 0.306 e. The number of carbonyl (C=O) groups excluding carboxylic acids is 1. The number of hydrogen-bond donors (Lipinski definition) is 0. The summed E-state index contributed by atoms with van der Waals surface area (Å²) in [5.74, 6) is 0.572. The second-order valence-electron chi connectivity index (χ2n) is 8.62. The molecule has 1 saturated heterocycles. The van der Waals surface area contributed by atoms with Crippen LogP contribution in [0.1, 0.15) is 97.8 Å². The first-order chi connectivity index (χ1) is 12.6. The molecule has 0 aromatic carbocycles. The van der Waals surface area contributed by atoms with Gasteiger partial charge in [0.1, 0.15) is 6.10 Å². The molecule has 2 rings (SSSR count). The third-order valence-corrected chi connectivity index (χ3v) is 6.15. The normalized spacial score (nSPS) is 32.3. The van der Waals surface area contributed by atoms with E-state index in [0.29, 0.717) is 12.3 Å². The summed E-state index contributed by atoms with van der Waals surface area (Å²) in [7, 11) is 0. The Labute approximate surface area is 160 Å². The van der Waals surface area contributed by atoms with Crippen LogP contribution in [0, 0.1) is 11.3 Å². The van der Waals surface area contributed by atoms with Crippen molar-refractivity contribution in [1.29, 1.82) is 0 Å². The number of ether oxygens (including phenoxy) is 3. The van der Waals surface area contributed by atoms with Crippen LogP contribution in [0.25, 0.3) is 0 Å². The fraction of sp³-hybridized carbons (Fsp3) is 0.955. The van der Waals surface area contributed by atoms with Gasteiger partial charge in [0.2, 0.25) is 0 Å². The van der Waals surface area contributed by atoms with E-state index in [9.17, 15) is 4.79 Å². The molecule has 0 aromatic heterocycles. The molecule has 0 atom stereocenters. The second kappa shape index (κ2) is 11.3. The Morgan fingerprint density at radius 1 is 0.962 bits per heavy atom. The lowest BCUT2D eigenvalue weighted by Gasteiger charge is -2.45. The van der Waals surface area contributed by atoms with Crippen LogP contribution in [-0.4, -0.2) is 31.6 Å². The maximum Gasteiger partial charge on any atom is 0.306 e. The van der Waals surface area contributed by atoms with Crippen LogP contribution < -0.4 is 0 Å². The zero-order chi connectivity index (χ0) is 18.8. The first-order valence-corrected chi connectivity index (χ1v) is 11.0. The minimum atomic E-state index is -0.0340. The van der Waals surface area contributed by atoms with Crippen molar-refractivity contribution in [3.05, 3.63) is 0 Å². The minimum absolute atomic E-state index is 0.00367. The number of hydrogen-bond acceptors (Lipinski definition) is 4. The highest BCUT2D eigenvalue weighted by molar-refractivity contribution is 5.69. The molecule has 1 aliphatic heterocycles. The molecule has 0 amide bonds. The van der Waals surface area contributed by atoms with Crippen molar-refractivity contribution in [3.8, 4) is 0 Å². The van der Waals surface area contributed by atoms with Gasteiger partial charge in [0.05, 0.1) is 13.2 Å². The number of carbonyl (C=O) groups is 1. The van der Waals surface area contributed by atoms with Crippen molar-refractivity contribution in [2.45, 2.75) is 110 Å². The molecule has 0 bridgehead atoms. The molecule has 0 spiro atoms. The Balaban J connectivity index is 1.65. The van der Waals surface area contributed by atoms with Gasteiger partial charge >= 0.3 is 5.97 Å². The van der Waals surface area contributed by atoms with E-state index < -0.39 is 0 Å². The van der Waals surface area contributed by atoms with Gasteiger partial charge in [-0.2, -0.15) is 0 Å². The Bertz CT molecular complexity index is 393. The summed E-state index contributed by atoms with van der Waals surface area (Å²) in [6.07, 6.45) is 13.2. The lowest BCUT2D eigenvalue weighted by molar-refractivity contribution is -0.242. The van der Waals surface area contributed by atoms with E-state index >= 15 is 0 Å². The summed E-state index contributed by atoms with van der Waals surface area (Å²) in [6, 6.07) is 0. The van der Waals surface area contributed by atoms with Crippen molar-refractivity contribution < 1.29 is 19.0 Å². The molecular weight excluding hydrogens is 328 g/mol. The molecular formula is C22H40O4. The van der Waals surface area contributed by atoms with Crippen LogP contribution in [-0.2, 0) is 19.0 Å². The number of esters is 1. The summed E-state index contributed by atoms with van der Waals surface area (Å²) in [5, 5.41) is 0. The van der Waals surface area contributed by atoms with Gasteiger partial charge in [-0.1, -0.05) is 46.5 Å². The Hall–Kier alpha value is -0.610. The highest BCUT2D eigenvalue weighted by atomic mass is 16.7. The summed E-state index contributed by atoms with van der Waals surface area (Å²) < 4.78 is 17.7. The van der Waals surface area contributed by atoms with Crippen LogP contribution >= 0.6 is 0 Å². The lowest BCUT2D eigenvalue weighted by atomic mass is 9.70. The molecule has 0 radical (unpaired) electrons. The number of unbranched alkanes of at least 4 members (excludes halogenated alkanes) is 4. The van der Waals surface area contributed by atoms with E-state index in [1.54, 1.807) is 0 Å². The van der Waals surface area contributed by atoms with Gasteiger partial charge in [-0.25, -0.2) is 0 Å². The Kier molecular flexibility index (Phi) is 9.41. The number of rotatable bonds is 10. The highest BCUT2D eigenvalue weighted by Crippen LogP contribution is 2.42. The third kappa shape index (κ3) is 6.84. The van der Waals surface area contributed by atoms with Crippen molar-refractivity contribution in [2.75, 3.05) is 13.2 Å². The van der Waals surface area contributed by atoms with Gasteiger partial charge in [-0.05, 0) is 50.9 Å². The lowest BCUT2D eigenvalue weighted by Crippen LogP contribution is -2.46. The standard InChI is InChI=1S/C22H40O4/c1-4-6-7-8-9-11-21-24-16-22(3,17-25-21)18-12-14-19(15-13-18)26-20(23)10-5-2/h18-19,21H,4-17H2,1-3H3. The minimum Gasteiger partial charge on any atom is -0.462 e. The maximum atomic E-state index is 11.7. The fourth-order valence-corrected chi connectivity index (χ4v) is 4.30. The highest BCUT2D eigenvalue weighted by Gasteiger charge is 2.41. The molecule has 26 heavy (non-hydrogen) atoms. The largest absolute Gasteiger partial charge is 0.462 e. The SMILES string of the molecule is CCCCCCCC1OCC(C)(C2CCC(OC(=O)CCC)CC2)CO1. The molecule has 2 aliphatic rings. The van der Waals surface area contributed by atoms with Crippen molar-refractivity contribution >= 4 is 5.97 Å². The zero-order valence-electron chi connectivity index (χ0n) is 17.3. The molecule has 152 valence electrons. The van der Waals surface area contributed by atoms with Gasteiger partial charge in [0, 0.05) is 11.8 Å². The van der Waals surface area contributed by atoms with E-state index in [-0.39, 0.29) is 23.8 Å². The van der Waals surface area contributed by atoms with Gasteiger partial charge < -0.3 is 14.2 Å². The van der Waals surface area contributed by atoms with E-state index in [1.807, 2.05) is 6.92 Å². The average molecular weight is 369 g/mol. The van der Waals surface area contributed by atoms with Gasteiger partial charge in [0.15, 0.2) is 6.29 Å². The topological polar surface area (TPSA) is 44.8 Å². The van der Waals surface area contributed by atoms with Gasteiger partial charge in [0.25, 0.3) is 0 Å². The first kappa shape index (κ1) is 21.7. The molecule has 4 nitrogen and oxygen atoms in total. The monoisotopic (exact) mass is 368 g/mol. The quantitative estimate of drug-likeness (QED) is 0.370. The third-order valence-electron chi connectivity index (χ3n) is 6.15. The van der Waals surface area contributed by atoms with Crippen LogP contribution in [0.3, 0.4) is 0 Å². The van der Waals surface area contributed by atoms with Crippen molar-refractivity contribution in [2.24, 2.45) is 11.3 Å². The molecule has 0 unspecified atom stereocenters. The van der Waals surface area contributed by atoms with E-state index in [0.717, 1.165) is 51.7 Å². The summed E-state index contributed by atoms with van der Waals surface area (Å²) >= 11 is 0. The Morgan fingerprint density at radius 3 is 2.23 bits per heavy atom. The fourth-order valence-electron chi connectivity index (χ4n) is 4.30. The molecule has 0 N–H and O–H groups in total. The molecule has 1 aliphatic carbocycles. The predicted molar refractivity (Wildman–Crippen MR) is 104 cm³/mol. The van der Waals surface area contributed by atoms with Gasteiger partial charge in [-0.15, -0.1) is 0 Å². The van der Waals surface area contributed by atoms with Gasteiger partial charge in [-0.3, -0.25) is 4.79 Å². The Morgan fingerprint density at radius 2 is 1.62 bits per heavy atom. The first-order valence-electron chi connectivity index (χ1n) is 11.0. The van der Waals surface area contributed by atoms with E-state index in [4.69, 9.17) is 14.2 Å². The maximum absolute atomic E-state index is 11.7. The summed E-state index contributed by atoms with van der Waals surface area (Å²) in [6.45, 7) is 8.17. The van der Waals surface area contributed by atoms with Crippen molar-refractivity contribution in [1.82, 2.24) is 0 Å². The molecule has 0 aromatic rings. The summed E-state index contributed by atoms with van der Waals surface area (Å²) in [4.78, 5) is 11.7. The van der Waals surface area contributed by atoms with Crippen LogP contribution in [0.5, 0.6) is 0 Å². The van der Waals surface area contributed by atoms with E-state index in [2.05, 4.69) is 13.8 Å². The zero-order valence-corrected chi connectivity index (χ0v) is 17.3. The predicted octanol–water partition coefficient (Wildman–Crippen LogP) is 5.63. The summed E-state index contributed by atoms with van der Waals surface area (Å²) in [5.41, 5.74) is 0.108. The molecule has 4 heteroatoms. The molecule has 1 heterocycles.